The molecule has 2 heterocycles. The van der Waals surface area contributed by atoms with E-state index >= 15 is 0 Å². The fourth-order valence-corrected chi connectivity index (χ4v) is 2.74. The van der Waals surface area contributed by atoms with Crippen LogP contribution in [0.1, 0.15) is 5.56 Å². The van der Waals surface area contributed by atoms with Gasteiger partial charge in [-0.1, -0.05) is 11.6 Å². The number of ether oxygens (including phenoxy) is 1. The number of alkyl halides is 3. The molecule has 3 rings (SSSR count). The van der Waals surface area contributed by atoms with E-state index in [1.165, 1.54) is 36.7 Å². The van der Waals surface area contributed by atoms with Gasteiger partial charge in [-0.25, -0.2) is 9.59 Å². The largest absolute Gasteiger partial charge is 0.434 e. The summed E-state index contributed by atoms with van der Waals surface area (Å²) in [6, 6.07) is 5.60. The van der Waals surface area contributed by atoms with Crippen LogP contribution in [-0.4, -0.2) is 29.8 Å². The van der Waals surface area contributed by atoms with Gasteiger partial charge in [-0.2, -0.15) is 13.2 Å². The highest BCUT2D eigenvalue weighted by Gasteiger charge is 2.62. The number of nitrogens with one attached hydrogen (secondary N) is 3. The van der Waals surface area contributed by atoms with Crippen LogP contribution < -0.4 is 16.0 Å². The maximum atomic E-state index is 13.9. The summed E-state index contributed by atoms with van der Waals surface area (Å²) in [5, 5.41) is 6.65. The number of hydrogen-bond donors (Lipinski definition) is 3. The predicted molar refractivity (Wildman–Crippen MR) is 90.5 cm³/mol. The van der Waals surface area contributed by atoms with Crippen molar-refractivity contribution in [2.45, 2.75) is 11.8 Å². The Bertz CT molecular complexity index is 879. The van der Waals surface area contributed by atoms with Gasteiger partial charge in [0.1, 0.15) is 0 Å². The van der Waals surface area contributed by atoms with Crippen molar-refractivity contribution in [3.63, 3.8) is 0 Å². The molecule has 1 aliphatic heterocycles. The Morgan fingerprint density at radius 1 is 1.26 bits per heavy atom. The van der Waals surface area contributed by atoms with E-state index < -0.39 is 36.0 Å². The molecule has 0 aliphatic carbocycles. The summed E-state index contributed by atoms with van der Waals surface area (Å²) >= 11 is 5.82. The zero-order valence-corrected chi connectivity index (χ0v) is 14.2. The molecular weight excluding hydrogens is 389 g/mol. The van der Waals surface area contributed by atoms with Gasteiger partial charge in [-0.05, 0) is 30.3 Å². The minimum atomic E-state index is -5.02. The molecule has 1 aromatic carbocycles. The molecule has 0 saturated heterocycles. The number of carbonyl (C=O) groups is 2. The van der Waals surface area contributed by atoms with Gasteiger partial charge in [0.25, 0.3) is 5.60 Å². The van der Waals surface area contributed by atoms with Crippen LogP contribution in [0.3, 0.4) is 0 Å². The normalized spacial score (nSPS) is 18.7. The first-order valence-corrected chi connectivity index (χ1v) is 7.91. The highest BCUT2D eigenvalue weighted by Crippen LogP contribution is 2.47. The smallest absolute Gasteiger partial charge is 0.426 e. The van der Waals surface area contributed by atoms with Gasteiger partial charge < -0.3 is 15.4 Å². The summed E-state index contributed by atoms with van der Waals surface area (Å²) in [5.74, 6) is 0. The number of pyridine rings is 1. The molecule has 2 aromatic rings. The standard InChI is InChI=1S/C16H12ClF3N4O3/c17-9-1-2-12-11(7-9)15(16(18,19)20,27-14(26)24-12)8-22-13(25)23-10-3-5-21-6-4-10/h1-7H,8H2,(H,24,26)(H2,21,22,23,25). The van der Waals surface area contributed by atoms with E-state index in [9.17, 15) is 22.8 Å². The van der Waals surface area contributed by atoms with E-state index in [0.29, 0.717) is 5.69 Å². The first-order valence-electron chi connectivity index (χ1n) is 7.53. The number of aromatic nitrogens is 1. The van der Waals surface area contributed by atoms with Gasteiger partial charge in [-0.15, -0.1) is 0 Å². The summed E-state index contributed by atoms with van der Waals surface area (Å²) in [6.07, 6.45) is -3.51. The lowest BCUT2D eigenvalue weighted by atomic mass is 9.89. The highest BCUT2D eigenvalue weighted by atomic mass is 35.5. The number of amides is 3. The summed E-state index contributed by atoms with van der Waals surface area (Å²) < 4.78 is 46.4. The zero-order chi connectivity index (χ0) is 19.7. The molecule has 1 aromatic heterocycles. The molecule has 27 heavy (non-hydrogen) atoms. The van der Waals surface area contributed by atoms with Crippen LogP contribution in [0, 0.1) is 0 Å². The van der Waals surface area contributed by atoms with Crippen molar-refractivity contribution >= 4 is 35.1 Å². The molecule has 1 aliphatic rings. The number of urea groups is 1. The van der Waals surface area contributed by atoms with Gasteiger partial charge in [0.05, 0.1) is 12.2 Å². The Kier molecular flexibility index (Phi) is 4.83. The fraction of sp³-hybridized carbons (Fsp3) is 0.188. The van der Waals surface area contributed by atoms with Crippen molar-refractivity contribution in [1.29, 1.82) is 0 Å². The molecule has 0 fully saturated rings. The second-order valence-electron chi connectivity index (χ2n) is 5.57. The lowest BCUT2D eigenvalue weighted by Gasteiger charge is -2.39. The molecule has 1 atom stereocenters. The number of carbonyl (C=O) groups excluding carboxylic acids is 2. The molecule has 1 unspecified atom stereocenters. The summed E-state index contributed by atoms with van der Waals surface area (Å²) in [4.78, 5) is 27.5. The fourth-order valence-electron chi connectivity index (χ4n) is 2.57. The molecular formula is C16H12ClF3N4O3. The van der Waals surface area contributed by atoms with Crippen LogP contribution in [0.15, 0.2) is 42.7 Å². The Morgan fingerprint density at radius 3 is 2.63 bits per heavy atom. The van der Waals surface area contributed by atoms with Crippen LogP contribution in [0.4, 0.5) is 34.1 Å². The number of benzene rings is 1. The molecule has 0 radical (unpaired) electrons. The number of halogens is 4. The highest BCUT2D eigenvalue weighted by molar-refractivity contribution is 6.30. The third-order valence-electron chi connectivity index (χ3n) is 3.81. The second-order valence-corrected chi connectivity index (χ2v) is 6.01. The molecule has 0 saturated carbocycles. The van der Waals surface area contributed by atoms with E-state index in [-0.39, 0.29) is 10.7 Å². The summed E-state index contributed by atoms with van der Waals surface area (Å²) in [6.45, 7) is -1.05. The molecule has 7 nitrogen and oxygen atoms in total. The van der Waals surface area contributed by atoms with Crippen LogP contribution in [0.2, 0.25) is 5.02 Å². The van der Waals surface area contributed by atoms with Crippen molar-refractivity contribution in [2.24, 2.45) is 0 Å². The van der Waals surface area contributed by atoms with Crippen LogP contribution >= 0.6 is 11.6 Å². The van der Waals surface area contributed by atoms with Gasteiger partial charge >= 0.3 is 18.3 Å². The SMILES string of the molecule is O=C(NCC1(C(F)(F)F)OC(=O)Nc2ccc(Cl)cc21)Nc1ccncc1. The van der Waals surface area contributed by atoms with Crippen LogP contribution in [0.5, 0.6) is 0 Å². The number of nitrogens with zero attached hydrogens (tertiary/aromatic N) is 1. The number of cyclic esters (lactones) is 1. The Hall–Kier alpha value is -3.01. The Balaban J connectivity index is 1.90. The van der Waals surface area contributed by atoms with Gasteiger partial charge in [0.2, 0.25) is 0 Å². The zero-order valence-electron chi connectivity index (χ0n) is 13.4. The van der Waals surface area contributed by atoms with Crippen molar-refractivity contribution in [3.05, 3.63) is 53.3 Å². The van der Waals surface area contributed by atoms with Gasteiger partial charge in [-0.3, -0.25) is 10.3 Å². The molecule has 0 spiro atoms. The van der Waals surface area contributed by atoms with Crippen molar-refractivity contribution in [3.8, 4) is 0 Å². The lowest BCUT2D eigenvalue weighted by Crippen LogP contribution is -2.57. The average Bonchev–Trinajstić information content (AvgIpc) is 2.60. The van der Waals surface area contributed by atoms with Crippen molar-refractivity contribution in [2.75, 3.05) is 17.2 Å². The molecule has 11 heteroatoms. The summed E-state index contributed by atoms with van der Waals surface area (Å²) in [7, 11) is 0. The van der Waals surface area contributed by atoms with Gasteiger partial charge in [0, 0.05) is 28.7 Å². The topological polar surface area (TPSA) is 92.3 Å². The maximum absolute atomic E-state index is 13.9. The molecule has 0 bridgehead atoms. The first kappa shape index (κ1) is 18.8. The molecule has 3 amide bonds. The number of hydrogen-bond acceptors (Lipinski definition) is 4. The number of fused-ring (bicyclic) bond motifs is 1. The van der Waals surface area contributed by atoms with E-state index in [2.05, 4.69) is 25.7 Å². The maximum Gasteiger partial charge on any atom is 0.434 e. The van der Waals surface area contributed by atoms with E-state index in [4.69, 9.17) is 11.6 Å². The third-order valence-corrected chi connectivity index (χ3v) is 4.05. The number of anilines is 2. The summed E-state index contributed by atoms with van der Waals surface area (Å²) in [5.41, 5.74) is -3.28. The monoisotopic (exact) mass is 400 g/mol. The first-order chi connectivity index (χ1) is 12.7. The van der Waals surface area contributed by atoms with Crippen molar-refractivity contribution in [1.82, 2.24) is 10.3 Å². The van der Waals surface area contributed by atoms with E-state index in [0.717, 1.165) is 6.07 Å². The molecule has 3 N–H and O–H groups in total. The Labute approximate surface area is 155 Å². The second kappa shape index (κ2) is 6.95. The minimum absolute atomic E-state index is 0.0170. The van der Waals surface area contributed by atoms with E-state index in [1.54, 1.807) is 0 Å². The van der Waals surface area contributed by atoms with Crippen LogP contribution in [0.25, 0.3) is 0 Å². The third kappa shape index (κ3) is 3.75. The quantitative estimate of drug-likeness (QED) is 0.729. The Morgan fingerprint density at radius 2 is 1.96 bits per heavy atom. The van der Waals surface area contributed by atoms with E-state index in [1.807, 2.05) is 0 Å². The van der Waals surface area contributed by atoms with Crippen LogP contribution in [-0.2, 0) is 10.3 Å². The minimum Gasteiger partial charge on any atom is -0.426 e. The van der Waals surface area contributed by atoms with Crippen molar-refractivity contribution < 1.29 is 27.5 Å². The van der Waals surface area contributed by atoms with Gasteiger partial charge in [0.15, 0.2) is 0 Å². The lowest BCUT2D eigenvalue weighted by molar-refractivity contribution is -0.261. The average molecular weight is 401 g/mol. The predicted octanol–water partition coefficient (Wildman–Crippen LogP) is 3.88. The number of rotatable bonds is 3. The molecule has 142 valence electrons.